The van der Waals surface area contributed by atoms with Gasteiger partial charge in [0.2, 0.25) is 0 Å². The Morgan fingerprint density at radius 1 is 1.43 bits per heavy atom. The lowest BCUT2D eigenvalue weighted by Gasteiger charge is -2.23. The van der Waals surface area contributed by atoms with Crippen molar-refractivity contribution in [2.45, 2.75) is 23.9 Å². The van der Waals surface area contributed by atoms with Crippen molar-refractivity contribution in [2.75, 3.05) is 13.6 Å². The number of hydrogen-bond acceptors (Lipinski definition) is 5. The average molecular weight is 305 g/mol. The predicted molar refractivity (Wildman–Crippen MR) is 83.0 cm³/mol. The Kier molecular flexibility index (Phi) is 5.35. The monoisotopic (exact) mass is 305 g/mol. The number of hydrogen-bond donors (Lipinski definition) is 2. The van der Waals surface area contributed by atoms with Gasteiger partial charge in [-0.05, 0) is 24.6 Å². The molecule has 0 aliphatic heterocycles. The van der Waals surface area contributed by atoms with E-state index in [0.717, 1.165) is 16.5 Å². The van der Waals surface area contributed by atoms with Gasteiger partial charge in [0.05, 0.1) is 0 Å². The number of carbonyl (C=O) groups is 1. The molecule has 112 valence electrons. The molecule has 0 fully saturated rings. The molecular formula is C14H19N5OS. The van der Waals surface area contributed by atoms with Crippen molar-refractivity contribution in [3.05, 3.63) is 41.7 Å². The SMILES string of the molecule is CC(CN)N(C)C(=O)c1ccc(CSc2ncn[nH]2)cc1. The molecule has 2 aromatic rings. The summed E-state index contributed by atoms with van der Waals surface area (Å²) in [5, 5.41) is 7.38. The first-order chi connectivity index (χ1) is 10.1. The Morgan fingerprint density at radius 3 is 2.71 bits per heavy atom. The molecule has 0 saturated heterocycles. The minimum absolute atomic E-state index is 0.0117. The molecule has 1 unspecified atom stereocenters. The van der Waals surface area contributed by atoms with Gasteiger partial charge in [0, 0.05) is 31.0 Å². The second-order valence-corrected chi connectivity index (χ2v) is 5.74. The lowest BCUT2D eigenvalue weighted by atomic mass is 10.1. The third kappa shape index (κ3) is 4.05. The van der Waals surface area contributed by atoms with Crippen LogP contribution in [0.15, 0.2) is 35.7 Å². The molecule has 1 atom stereocenters. The molecule has 0 radical (unpaired) electrons. The van der Waals surface area contributed by atoms with E-state index in [-0.39, 0.29) is 11.9 Å². The zero-order valence-electron chi connectivity index (χ0n) is 12.1. The first kappa shape index (κ1) is 15.5. The van der Waals surface area contributed by atoms with Crippen molar-refractivity contribution in [1.82, 2.24) is 20.1 Å². The Balaban J connectivity index is 1.96. The Hall–Kier alpha value is -1.86. The van der Waals surface area contributed by atoms with Crippen molar-refractivity contribution in [2.24, 2.45) is 5.73 Å². The summed E-state index contributed by atoms with van der Waals surface area (Å²) in [5.74, 6) is 0.765. The van der Waals surface area contributed by atoms with Crippen LogP contribution in [0.3, 0.4) is 0 Å². The van der Waals surface area contributed by atoms with E-state index >= 15 is 0 Å². The van der Waals surface area contributed by atoms with E-state index in [1.54, 1.807) is 23.7 Å². The lowest BCUT2D eigenvalue weighted by Crippen LogP contribution is -2.39. The predicted octanol–water partition coefficient (Wildman–Crippen LogP) is 1.52. The first-order valence-electron chi connectivity index (χ1n) is 6.66. The van der Waals surface area contributed by atoms with Gasteiger partial charge in [-0.3, -0.25) is 9.89 Å². The number of carbonyl (C=O) groups excluding carboxylic acids is 1. The fourth-order valence-electron chi connectivity index (χ4n) is 1.72. The summed E-state index contributed by atoms with van der Waals surface area (Å²) in [5.41, 5.74) is 7.39. The minimum Gasteiger partial charge on any atom is -0.338 e. The highest BCUT2D eigenvalue weighted by molar-refractivity contribution is 7.98. The average Bonchev–Trinajstić information content (AvgIpc) is 3.04. The van der Waals surface area contributed by atoms with Crippen LogP contribution in [0, 0.1) is 0 Å². The summed E-state index contributed by atoms with van der Waals surface area (Å²) < 4.78 is 0. The van der Waals surface area contributed by atoms with Crippen LogP contribution >= 0.6 is 11.8 Å². The minimum atomic E-state index is -0.0117. The molecule has 1 heterocycles. The molecule has 7 heteroatoms. The second-order valence-electron chi connectivity index (χ2n) is 4.78. The van der Waals surface area contributed by atoms with Gasteiger partial charge in [-0.25, -0.2) is 4.98 Å². The van der Waals surface area contributed by atoms with E-state index in [2.05, 4.69) is 15.2 Å². The fourth-order valence-corrected chi connectivity index (χ4v) is 2.46. The molecule has 1 amide bonds. The smallest absolute Gasteiger partial charge is 0.253 e. The number of thioether (sulfide) groups is 1. The summed E-state index contributed by atoms with van der Waals surface area (Å²) in [7, 11) is 1.77. The summed E-state index contributed by atoms with van der Waals surface area (Å²) in [6, 6.07) is 7.63. The number of aromatic amines is 1. The number of nitrogens with one attached hydrogen (secondary N) is 1. The maximum atomic E-state index is 12.2. The van der Waals surface area contributed by atoms with Crippen molar-refractivity contribution < 1.29 is 4.79 Å². The number of aromatic nitrogens is 3. The van der Waals surface area contributed by atoms with Crippen LogP contribution in [0.5, 0.6) is 0 Å². The van der Waals surface area contributed by atoms with Crippen LogP contribution in [0.25, 0.3) is 0 Å². The third-order valence-corrected chi connectivity index (χ3v) is 4.24. The molecular weight excluding hydrogens is 286 g/mol. The van der Waals surface area contributed by atoms with E-state index in [1.165, 1.54) is 6.33 Å². The second kappa shape index (κ2) is 7.24. The molecule has 1 aromatic heterocycles. The van der Waals surface area contributed by atoms with Gasteiger partial charge in [0.25, 0.3) is 5.91 Å². The van der Waals surface area contributed by atoms with Gasteiger partial charge in [0.15, 0.2) is 5.16 Å². The molecule has 3 N–H and O–H groups in total. The molecule has 6 nitrogen and oxygen atoms in total. The quantitative estimate of drug-likeness (QED) is 0.790. The molecule has 0 aliphatic carbocycles. The van der Waals surface area contributed by atoms with E-state index < -0.39 is 0 Å². The number of amides is 1. The van der Waals surface area contributed by atoms with Crippen molar-refractivity contribution >= 4 is 17.7 Å². The van der Waals surface area contributed by atoms with Crippen molar-refractivity contribution in [3.8, 4) is 0 Å². The van der Waals surface area contributed by atoms with Gasteiger partial charge >= 0.3 is 0 Å². The van der Waals surface area contributed by atoms with Crippen LogP contribution < -0.4 is 5.73 Å². The topological polar surface area (TPSA) is 87.9 Å². The Morgan fingerprint density at radius 2 is 2.14 bits per heavy atom. The van der Waals surface area contributed by atoms with E-state index in [0.29, 0.717) is 12.1 Å². The van der Waals surface area contributed by atoms with Crippen molar-refractivity contribution in [1.29, 1.82) is 0 Å². The molecule has 0 aliphatic rings. The highest BCUT2D eigenvalue weighted by atomic mass is 32.2. The zero-order valence-corrected chi connectivity index (χ0v) is 12.9. The third-order valence-electron chi connectivity index (χ3n) is 3.29. The highest BCUT2D eigenvalue weighted by Gasteiger charge is 2.16. The van der Waals surface area contributed by atoms with Gasteiger partial charge in [-0.2, -0.15) is 5.10 Å². The molecule has 1 aromatic carbocycles. The highest BCUT2D eigenvalue weighted by Crippen LogP contribution is 2.19. The summed E-state index contributed by atoms with van der Waals surface area (Å²) in [6.07, 6.45) is 1.48. The van der Waals surface area contributed by atoms with Gasteiger partial charge < -0.3 is 10.6 Å². The molecule has 0 saturated carbocycles. The van der Waals surface area contributed by atoms with Gasteiger partial charge in [0.1, 0.15) is 6.33 Å². The number of nitrogens with zero attached hydrogens (tertiary/aromatic N) is 3. The molecule has 0 bridgehead atoms. The van der Waals surface area contributed by atoms with Crippen LogP contribution in [0.1, 0.15) is 22.8 Å². The number of likely N-dealkylation sites (N-methyl/N-ethyl adjacent to an activating group) is 1. The van der Waals surface area contributed by atoms with Crippen molar-refractivity contribution in [3.63, 3.8) is 0 Å². The number of benzene rings is 1. The normalized spacial score (nSPS) is 12.1. The number of H-pyrrole nitrogens is 1. The molecule has 2 rings (SSSR count). The fraction of sp³-hybridized carbons (Fsp3) is 0.357. The van der Waals surface area contributed by atoms with Gasteiger partial charge in [-0.1, -0.05) is 23.9 Å². The van der Waals surface area contributed by atoms with Crippen LogP contribution in [-0.2, 0) is 5.75 Å². The molecule has 21 heavy (non-hydrogen) atoms. The maximum absolute atomic E-state index is 12.2. The lowest BCUT2D eigenvalue weighted by molar-refractivity contribution is 0.0748. The summed E-state index contributed by atoms with van der Waals surface area (Å²) in [6.45, 7) is 2.38. The van der Waals surface area contributed by atoms with Crippen LogP contribution in [0.2, 0.25) is 0 Å². The maximum Gasteiger partial charge on any atom is 0.253 e. The zero-order chi connectivity index (χ0) is 15.2. The Labute approximate surface area is 128 Å². The number of rotatable bonds is 6. The standard InChI is InChI=1S/C14H19N5OS/c1-10(7-15)19(2)13(20)12-5-3-11(4-6-12)8-21-14-16-9-17-18-14/h3-6,9-10H,7-8,15H2,1-2H3,(H,16,17,18). The molecule has 0 spiro atoms. The van der Waals surface area contributed by atoms with Gasteiger partial charge in [-0.15, -0.1) is 0 Å². The van der Waals surface area contributed by atoms with E-state index in [1.807, 2.05) is 31.2 Å². The van der Waals surface area contributed by atoms with Crippen LogP contribution in [-0.4, -0.2) is 45.6 Å². The summed E-state index contributed by atoms with van der Waals surface area (Å²) in [4.78, 5) is 18.0. The Bertz CT molecular complexity index is 570. The van der Waals surface area contributed by atoms with Crippen LogP contribution in [0.4, 0.5) is 0 Å². The largest absolute Gasteiger partial charge is 0.338 e. The first-order valence-corrected chi connectivity index (χ1v) is 7.64. The number of nitrogens with two attached hydrogens (primary N) is 1. The summed E-state index contributed by atoms with van der Waals surface area (Å²) >= 11 is 1.57. The van der Waals surface area contributed by atoms with E-state index in [4.69, 9.17) is 5.73 Å². The van der Waals surface area contributed by atoms with E-state index in [9.17, 15) is 4.79 Å².